The first-order valence-corrected chi connectivity index (χ1v) is 7.74. The largest absolute Gasteiger partial charge is 0.326 e. The molecule has 0 aliphatic heterocycles. The third kappa shape index (κ3) is 2.69. The van der Waals surface area contributed by atoms with Crippen LogP contribution in [0.15, 0.2) is 53.4 Å². The molecule has 0 spiro atoms. The number of nitrogens with two attached hydrogens (primary N) is 1. The predicted molar refractivity (Wildman–Crippen MR) is 81.1 cm³/mol. The maximum atomic E-state index is 12.6. The molecule has 5 heteroatoms. The first kappa shape index (κ1) is 14.6. The summed E-state index contributed by atoms with van der Waals surface area (Å²) in [6.07, 6.45) is 0. The van der Waals surface area contributed by atoms with Crippen molar-refractivity contribution in [3.05, 3.63) is 59.7 Å². The van der Waals surface area contributed by atoms with E-state index in [2.05, 4.69) is 0 Å². The Balaban J connectivity index is 2.41. The van der Waals surface area contributed by atoms with Gasteiger partial charge in [0.05, 0.1) is 10.6 Å². The molecule has 0 saturated carbocycles. The Morgan fingerprint density at radius 1 is 1.05 bits per heavy atom. The van der Waals surface area contributed by atoms with Crippen molar-refractivity contribution in [3.8, 4) is 0 Å². The van der Waals surface area contributed by atoms with E-state index in [1.165, 1.54) is 4.31 Å². The normalized spacial score (nSPS) is 11.3. The molecule has 2 aromatic rings. The molecule has 0 radical (unpaired) electrons. The van der Waals surface area contributed by atoms with Crippen molar-refractivity contribution in [2.24, 2.45) is 5.73 Å². The average molecular weight is 290 g/mol. The van der Waals surface area contributed by atoms with Crippen LogP contribution in [0, 0.1) is 6.92 Å². The van der Waals surface area contributed by atoms with Gasteiger partial charge in [0.2, 0.25) is 0 Å². The summed E-state index contributed by atoms with van der Waals surface area (Å²) in [6, 6.07) is 14.2. The Kier molecular flexibility index (Phi) is 4.11. The maximum Gasteiger partial charge on any atom is 0.264 e. The quantitative estimate of drug-likeness (QED) is 0.939. The zero-order valence-electron chi connectivity index (χ0n) is 11.6. The summed E-state index contributed by atoms with van der Waals surface area (Å²) < 4.78 is 26.5. The first-order chi connectivity index (χ1) is 9.46. The molecule has 0 aliphatic carbocycles. The van der Waals surface area contributed by atoms with Gasteiger partial charge in [0.1, 0.15) is 0 Å². The van der Waals surface area contributed by atoms with Crippen molar-refractivity contribution >= 4 is 15.7 Å². The van der Waals surface area contributed by atoms with Crippen molar-refractivity contribution in [3.63, 3.8) is 0 Å². The number of nitrogens with zero attached hydrogens (tertiary/aromatic N) is 1. The Morgan fingerprint density at radius 2 is 1.65 bits per heavy atom. The third-order valence-corrected chi connectivity index (χ3v) is 5.21. The minimum Gasteiger partial charge on any atom is -0.326 e. The van der Waals surface area contributed by atoms with Crippen molar-refractivity contribution < 1.29 is 8.42 Å². The average Bonchev–Trinajstić information content (AvgIpc) is 2.47. The van der Waals surface area contributed by atoms with Crippen LogP contribution in [0.5, 0.6) is 0 Å². The van der Waals surface area contributed by atoms with Gasteiger partial charge in [-0.1, -0.05) is 30.3 Å². The third-order valence-electron chi connectivity index (χ3n) is 3.27. The van der Waals surface area contributed by atoms with E-state index in [1.54, 1.807) is 44.3 Å². The van der Waals surface area contributed by atoms with E-state index in [1.807, 2.05) is 18.2 Å². The van der Waals surface area contributed by atoms with Gasteiger partial charge in [0.25, 0.3) is 10.0 Å². The van der Waals surface area contributed by atoms with Gasteiger partial charge in [0, 0.05) is 13.6 Å². The van der Waals surface area contributed by atoms with Crippen LogP contribution < -0.4 is 10.0 Å². The molecule has 20 heavy (non-hydrogen) atoms. The zero-order chi connectivity index (χ0) is 14.8. The van der Waals surface area contributed by atoms with Gasteiger partial charge in [-0.05, 0) is 36.2 Å². The number of aryl methyl sites for hydroxylation is 1. The summed E-state index contributed by atoms with van der Waals surface area (Å²) in [6.45, 7) is 2.23. The fourth-order valence-electron chi connectivity index (χ4n) is 1.97. The van der Waals surface area contributed by atoms with Crippen LogP contribution >= 0.6 is 0 Å². The van der Waals surface area contributed by atoms with Crippen molar-refractivity contribution in [2.45, 2.75) is 18.4 Å². The number of hydrogen-bond acceptors (Lipinski definition) is 3. The van der Waals surface area contributed by atoms with Crippen LogP contribution in [-0.2, 0) is 16.6 Å². The van der Waals surface area contributed by atoms with Gasteiger partial charge in [0.15, 0.2) is 0 Å². The van der Waals surface area contributed by atoms with Gasteiger partial charge in [-0.3, -0.25) is 4.31 Å². The summed E-state index contributed by atoms with van der Waals surface area (Å²) in [4.78, 5) is 0.324. The molecule has 2 aromatic carbocycles. The lowest BCUT2D eigenvalue weighted by molar-refractivity contribution is 0.594. The van der Waals surface area contributed by atoms with E-state index in [9.17, 15) is 8.42 Å². The lowest BCUT2D eigenvalue weighted by Crippen LogP contribution is -2.27. The number of benzene rings is 2. The molecule has 0 fully saturated rings. The van der Waals surface area contributed by atoms with E-state index >= 15 is 0 Å². The fourth-order valence-corrected chi connectivity index (χ4v) is 3.39. The molecule has 2 rings (SSSR count). The monoisotopic (exact) mass is 290 g/mol. The van der Waals surface area contributed by atoms with E-state index < -0.39 is 10.0 Å². The molecule has 0 aromatic heterocycles. The number of rotatable bonds is 4. The molecule has 0 saturated heterocycles. The fraction of sp³-hybridized carbons (Fsp3) is 0.200. The summed E-state index contributed by atoms with van der Waals surface area (Å²) in [5.41, 5.74) is 7.86. The zero-order valence-corrected chi connectivity index (χ0v) is 12.4. The second-order valence-electron chi connectivity index (χ2n) is 4.61. The van der Waals surface area contributed by atoms with E-state index in [0.29, 0.717) is 17.1 Å². The van der Waals surface area contributed by atoms with Crippen molar-refractivity contribution in [1.82, 2.24) is 0 Å². The molecule has 4 nitrogen and oxygen atoms in total. The first-order valence-electron chi connectivity index (χ1n) is 6.30. The van der Waals surface area contributed by atoms with Crippen LogP contribution in [-0.4, -0.2) is 15.5 Å². The SMILES string of the molecule is Cc1ccccc1S(=O)(=O)N(C)c1ccc(CN)cc1. The van der Waals surface area contributed by atoms with Crippen LogP contribution in [0.1, 0.15) is 11.1 Å². The molecule has 0 unspecified atom stereocenters. The molecule has 0 atom stereocenters. The van der Waals surface area contributed by atoms with Crippen LogP contribution in [0.3, 0.4) is 0 Å². The molecule has 106 valence electrons. The van der Waals surface area contributed by atoms with E-state index in [-0.39, 0.29) is 0 Å². The summed E-state index contributed by atoms with van der Waals surface area (Å²) in [5.74, 6) is 0. The summed E-state index contributed by atoms with van der Waals surface area (Å²) in [7, 11) is -1.99. The molecular formula is C15H18N2O2S. The highest BCUT2D eigenvalue weighted by atomic mass is 32.2. The maximum absolute atomic E-state index is 12.6. The van der Waals surface area contributed by atoms with Gasteiger partial charge < -0.3 is 5.73 Å². The highest BCUT2D eigenvalue weighted by Gasteiger charge is 2.22. The van der Waals surface area contributed by atoms with Crippen molar-refractivity contribution in [1.29, 1.82) is 0 Å². The molecule has 0 aliphatic rings. The Morgan fingerprint density at radius 3 is 2.20 bits per heavy atom. The minimum atomic E-state index is -3.54. The topological polar surface area (TPSA) is 63.4 Å². The van der Waals surface area contributed by atoms with Crippen LogP contribution in [0.25, 0.3) is 0 Å². The van der Waals surface area contributed by atoms with Crippen LogP contribution in [0.4, 0.5) is 5.69 Å². The minimum absolute atomic E-state index is 0.324. The number of sulfonamides is 1. The molecule has 0 amide bonds. The summed E-state index contributed by atoms with van der Waals surface area (Å²) >= 11 is 0. The van der Waals surface area contributed by atoms with Crippen LogP contribution in [0.2, 0.25) is 0 Å². The van der Waals surface area contributed by atoms with Gasteiger partial charge in [-0.15, -0.1) is 0 Å². The molecule has 0 heterocycles. The van der Waals surface area contributed by atoms with E-state index in [4.69, 9.17) is 5.73 Å². The standard InChI is InChI=1S/C15H18N2O2S/c1-12-5-3-4-6-15(12)20(18,19)17(2)14-9-7-13(11-16)8-10-14/h3-10H,11,16H2,1-2H3. The molecular weight excluding hydrogens is 272 g/mol. The van der Waals surface area contributed by atoms with Gasteiger partial charge in [-0.25, -0.2) is 8.42 Å². The Hall–Kier alpha value is -1.85. The second-order valence-corrected chi connectivity index (χ2v) is 6.55. The highest BCUT2D eigenvalue weighted by molar-refractivity contribution is 7.92. The van der Waals surface area contributed by atoms with E-state index in [0.717, 1.165) is 11.1 Å². The second kappa shape index (κ2) is 5.64. The number of anilines is 1. The van der Waals surface area contributed by atoms with Crippen molar-refractivity contribution in [2.75, 3.05) is 11.4 Å². The van der Waals surface area contributed by atoms with Gasteiger partial charge in [-0.2, -0.15) is 0 Å². The predicted octanol–water partition coefficient (Wildman–Crippen LogP) is 2.28. The Bertz CT molecular complexity index is 694. The number of hydrogen-bond donors (Lipinski definition) is 1. The lowest BCUT2D eigenvalue weighted by Gasteiger charge is -2.20. The van der Waals surface area contributed by atoms with Gasteiger partial charge >= 0.3 is 0 Å². The summed E-state index contributed by atoms with van der Waals surface area (Å²) in [5, 5.41) is 0. The molecule has 2 N–H and O–H groups in total. The molecule has 0 bridgehead atoms. The lowest BCUT2D eigenvalue weighted by atomic mass is 10.2. The smallest absolute Gasteiger partial charge is 0.264 e. The Labute approximate surface area is 119 Å². The highest BCUT2D eigenvalue weighted by Crippen LogP contribution is 2.24.